The second-order valence-corrected chi connectivity index (χ2v) is 11.1. The number of likely N-dealkylation sites (tertiary alicyclic amines) is 1. The molecule has 2 heterocycles. The van der Waals surface area contributed by atoms with E-state index in [4.69, 9.17) is 14.2 Å². The van der Waals surface area contributed by atoms with Crippen LogP contribution >= 0.6 is 0 Å². The Morgan fingerprint density at radius 2 is 1.87 bits per heavy atom. The van der Waals surface area contributed by atoms with Gasteiger partial charge in [-0.3, -0.25) is 9.59 Å². The number of hydrogen-bond acceptors (Lipinski definition) is 7. The van der Waals surface area contributed by atoms with Crippen LogP contribution < -0.4 is 10.6 Å². The number of nitrogens with zero attached hydrogens (tertiary/aromatic N) is 1. The van der Waals surface area contributed by atoms with Gasteiger partial charge >= 0.3 is 12.2 Å². The van der Waals surface area contributed by atoms with E-state index in [2.05, 4.69) is 10.6 Å². The minimum absolute atomic E-state index is 0.0818. The highest BCUT2D eigenvalue weighted by atomic mass is 16.6. The summed E-state index contributed by atoms with van der Waals surface area (Å²) in [5.74, 6) is -1.48. The number of Topliss-reactive ketones (excluding diaryl/α,β-unsaturated/α-hetero) is 1. The van der Waals surface area contributed by atoms with Crippen LogP contribution in [-0.2, 0) is 23.8 Å². The third-order valence-corrected chi connectivity index (χ3v) is 7.36. The highest BCUT2D eigenvalue weighted by Crippen LogP contribution is 2.32. The molecule has 1 aromatic rings. The molecule has 0 radical (unpaired) electrons. The number of ketones is 1. The molecule has 4 atom stereocenters. The SMILES string of the molecule is CCCC[C@H](NC(=O)O[C@H]1CN(C(=O)OCC2CCCCO2)CC1(C)C)C(=O)C(=O)N[C@H](C)c1ccccc1. The van der Waals surface area contributed by atoms with Crippen molar-refractivity contribution in [2.24, 2.45) is 5.41 Å². The molecule has 2 fully saturated rings. The molecule has 39 heavy (non-hydrogen) atoms. The summed E-state index contributed by atoms with van der Waals surface area (Å²) in [6.07, 6.45) is 2.75. The molecule has 3 rings (SSSR count). The molecule has 1 unspecified atom stereocenters. The maximum absolute atomic E-state index is 13.0. The zero-order chi connectivity index (χ0) is 28.4. The van der Waals surface area contributed by atoms with Gasteiger partial charge in [-0.15, -0.1) is 0 Å². The van der Waals surface area contributed by atoms with Crippen LogP contribution in [0.25, 0.3) is 0 Å². The van der Waals surface area contributed by atoms with E-state index in [1.165, 1.54) is 4.90 Å². The van der Waals surface area contributed by atoms with Gasteiger partial charge in [0.2, 0.25) is 5.78 Å². The van der Waals surface area contributed by atoms with Gasteiger partial charge in [-0.2, -0.15) is 0 Å². The smallest absolute Gasteiger partial charge is 0.409 e. The van der Waals surface area contributed by atoms with Crippen LogP contribution in [0.5, 0.6) is 0 Å². The zero-order valence-corrected chi connectivity index (χ0v) is 23.6. The molecule has 2 saturated heterocycles. The van der Waals surface area contributed by atoms with Gasteiger partial charge in [-0.05, 0) is 38.2 Å². The number of unbranched alkanes of at least 4 members (excludes halogenated alkanes) is 1. The molecule has 10 heteroatoms. The Morgan fingerprint density at radius 3 is 2.54 bits per heavy atom. The first-order valence-corrected chi connectivity index (χ1v) is 14.0. The summed E-state index contributed by atoms with van der Waals surface area (Å²) in [6, 6.07) is 7.95. The Labute approximate surface area is 231 Å². The average Bonchev–Trinajstić information content (AvgIpc) is 3.23. The number of ether oxygens (including phenoxy) is 3. The highest BCUT2D eigenvalue weighted by molar-refractivity contribution is 6.38. The molecule has 0 spiro atoms. The summed E-state index contributed by atoms with van der Waals surface area (Å²) in [5, 5.41) is 5.32. The van der Waals surface area contributed by atoms with Crippen LogP contribution in [0, 0.1) is 5.41 Å². The predicted molar refractivity (Wildman–Crippen MR) is 145 cm³/mol. The molecule has 0 bridgehead atoms. The van der Waals surface area contributed by atoms with Gasteiger partial charge < -0.3 is 29.7 Å². The molecule has 2 aliphatic rings. The molecule has 0 saturated carbocycles. The number of benzene rings is 1. The highest BCUT2D eigenvalue weighted by Gasteiger charge is 2.45. The second kappa shape index (κ2) is 14.3. The lowest BCUT2D eigenvalue weighted by Gasteiger charge is -2.26. The van der Waals surface area contributed by atoms with Gasteiger partial charge in [0, 0.05) is 18.6 Å². The summed E-state index contributed by atoms with van der Waals surface area (Å²) in [6.45, 7) is 8.98. The number of nitrogens with one attached hydrogen (secondary N) is 2. The van der Waals surface area contributed by atoms with Crippen molar-refractivity contribution in [3.05, 3.63) is 35.9 Å². The van der Waals surface area contributed by atoms with Crippen molar-refractivity contribution in [3.63, 3.8) is 0 Å². The molecule has 3 amide bonds. The van der Waals surface area contributed by atoms with Gasteiger partial charge in [-0.25, -0.2) is 9.59 Å². The Balaban J connectivity index is 1.54. The van der Waals surface area contributed by atoms with Crippen molar-refractivity contribution < 1.29 is 33.4 Å². The monoisotopic (exact) mass is 545 g/mol. The van der Waals surface area contributed by atoms with E-state index in [9.17, 15) is 19.2 Å². The first-order chi connectivity index (χ1) is 18.6. The summed E-state index contributed by atoms with van der Waals surface area (Å²) in [5.41, 5.74) is 0.345. The van der Waals surface area contributed by atoms with Crippen LogP contribution in [-0.4, -0.2) is 73.3 Å². The van der Waals surface area contributed by atoms with Gasteiger partial charge in [0.15, 0.2) is 0 Å². The second-order valence-electron chi connectivity index (χ2n) is 11.1. The maximum atomic E-state index is 13.0. The quantitative estimate of drug-likeness (QED) is 0.401. The number of amides is 3. The fraction of sp³-hybridized carbons (Fsp3) is 0.655. The predicted octanol–water partition coefficient (Wildman–Crippen LogP) is 4.13. The Morgan fingerprint density at radius 1 is 1.13 bits per heavy atom. The van der Waals surface area contributed by atoms with Crippen LogP contribution in [0.2, 0.25) is 0 Å². The molecular weight excluding hydrogens is 502 g/mol. The van der Waals surface area contributed by atoms with E-state index in [1.54, 1.807) is 6.92 Å². The van der Waals surface area contributed by atoms with Crippen molar-refractivity contribution in [3.8, 4) is 0 Å². The molecular formula is C29H43N3O7. The third-order valence-electron chi connectivity index (χ3n) is 7.36. The van der Waals surface area contributed by atoms with Crippen LogP contribution in [0.1, 0.15) is 77.8 Å². The summed E-state index contributed by atoms with van der Waals surface area (Å²) in [7, 11) is 0. The molecule has 1 aromatic carbocycles. The van der Waals surface area contributed by atoms with Crippen LogP contribution in [0.3, 0.4) is 0 Å². The summed E-state index contributed by atoms with van der Waals surface area (Å²) in [4.78, 5) is 52.8. The van der Waals surface area contributed by atoms with Crippen molar-refractivity contribution in [2.45, 2.75) is 90.5 Å². The number of hydrogen-bond donors (Lipinski definition) is 2. The van der Waals surface area contributed by atoms with Gasteiger partial charge in [-0.1, -0.05) is 63.9 Å². The standard InChI is InChI=1S/C29H43N3O7/c1-5-6-15-23(25(33)26(34)30-20(2)21-12-8-7-9-13-21)31-27(35)39-24-17-32(19-29(24,3)4)28(36)38-18-22-14-10-11-16-37-22/h7-9,12-13,20,22-24H,5-6,10-11,14-19H2,1-4H3,(H,30,34)(H,31,35)/t20-,22?,23+,24+/m1/s1. The summed E-state index contributed by atoms with van der Waals surface area (Å²) >= 11 is 0. The van der Waals surface area contributed by atoms with Crippen molar-refractivity contribution >= 4 is 23.9 Å². The topological polar surface area (TPSA) is 123 Å². The maximum Gasteiger partial charge on any atom is 0.409 e. The Hall–Kier alpha value is -3.14. The fourth-order valence-corrected chi connectivity index (χ4v) is 4.87. The molecule has 2 aliphatic heterocycles. The van der Waals surface area contributed by atoms with Gasteiger partial charge in [0.05, 0.1) is 18.7 Å². The van der Waals surface area contributed by atoms with Crippen LogP contribution in [0.15, 0.2) is 30.3 Å². The van der Waals surface area contributed by atoms with E-state index < -0.39 is 41.4 Å². The third kappa shape index (κ3) is 8.95. The first kappa shape index (κ1) is 30.4. The number of alkyl carbamates (subject to hydrolysis) is 1. The van der Waals surface area contributed by atoms with E-state index in [0.717, 1.165) is 31.2 Å². The van der Waals surface area contributed by atoms with Crippen molar-refractivity contribution in [1.82, 2.24) is 15.5 Å². The molecule has 216 valence electrons. The van der Waals surface area contributed by atoms with Crippen molar-refractivity contribution in [1.29, 1.82) is 0 Å². The molecule has 0 aliphatic carbocycles. The molecule has 0 aromatic heterocycles. The van der Waals surface area contributed by atoms with Crippen molar-refractivity contribution in [2.75, 3.05) is 26.3 Å². The van der Waals surface area contributed by atoms with Gasteiger partial charge in [0.1, 0.15) is 18.8 Å². The largest absolute Gasteiger partial charge is 0.447 e. The Kier molecular flexibility index (Phi) is 11.2. The lowest BCUT2D eigenvalue weighted by Crippen LogP contribution is -2.49. The minimum atomic E-state index is -1.01. The molecule has 10 nitrogen and oxygen atoms in total. The normalized spacial score (nSPS) is 21.9. The van der Waals surface area contributed by atoms with E-state index >= 15 is 0 Å². The Bertz CT molecular complexity index is 978. The fourth-order valence-electron chi connectivity index (χ4n) is 4.87. The lowest BCUT2D eigenvalue weighted by atomic mass is 9.90. The lowest BCUT2D eigenvalue weighted by molar-refractivity contribution is -0.139. The van der Waals surface area contributed by atoms with E-state index in [-0.39, 0.29) is 25.3 Å². The molecule has 2 N–H and O–H groups in total. The average molecular weight is 546 g/mol. The van der Waals surface area contributed by atoms with Crippen LogP contribution in [0.4, 0.5) is 9.59 Å². The summed E-state index contributed by atoms with van der Waals surface area (Å²) < 4.78 is 16.8. The number of rotatable bonds is 11. The number of carbonyl (C=O) groups excluding carboxylic acids is 4. The number of carbonyl (C=O) groups is 4. The zero-order valence-electron chi connectivity index (χ0n) is 23.6. The van der Waals surface area contributed by atoms with Gasteiger partial charge in [0.25, 0.3) is 5.91 Å². The van der Waals surface area contributed by atoms with E-state index in [1.807, 2.05) is 51.1 Å². The first-order valence-electron chi connectivity index (χ1n) is 14.0. The minimum Gasteiger partial charge on any atom is -0.447 e. The van der Waals surface area contributed by atoms with E-state index in [0.29, 0.717) is 26.0 Å².